The Morgan fingerprint density at radius 1 is 1.25 bits per heavy atom. The summed E-state index contributed by atoms with van der Waals surface area (Å²) >= 11 is 0. The maximum Gasteiger partial charge on any atom is 0.240 e. The van der Waals surface area contributed by atoms with Gasteiger partial charge >= 0.3 is 0 Å². The Balaban J connectivity index is 1.54. The van der Waals surface area contributed by atoms with E-state index in [2.05, 4.69) is 5.32 Å². The van der Waals surface area contributed by atoms with Gasteiger partial charge in [-0.2, -0.15) is 0 Å². The molecule has 0 unspecified atom stereocenters. The highest BCUT2D eigenvalue weighted by atomic mass is 16.5. The lowest BCUT2D eigenvalue weighted by atomic mass is 9.98. The van der Waals surface area contributed by atoms with Crippen LogP contribution in [0.25, 0.3) is 0 Å². The molecule has 20 heavy (non-hydrogen) atoms. The average molecular weight is 276 g/mol. The molecule has 0 bridgehead atoms. The minimum absolute atomic E-state index is 0.00180. The largest absolute Gasteiger partial charge is 0.377 e. The minimum atomic E-state index is -0.620. The van der Waals surface area contributed by atoms with Gasteiger partial charge in [-0.25, -0.2) is 0 Å². The molecule has 4 heteroatoms. The molecular weight excluding hydrogens is 252 g/mol. The van der Waals surface area contributed by atoms with Crippen molar-refractivity contribution in [2.45, 2.75) is 44.2 Å². The van der Waals surface area contributed by atoms with Crippen molar-refractivity contribution in [3.05, 3.63) is 35.9 Å². The van der Waals surface area contributed by atoms with Gasteiger partial charge in [0.05, 0.1) is 12.1 Å². The van der Waals surface area contributed by atoms with Gasteiger partial charge in [-0.1, -0.05) is 43.2 Å². The van der Waals surface area contributed by atoms with Gasteiger partial charge in [-0.15, -0.1) is 0 Å². The first-order valence-electron chi connectivity index (χ1n) is 7.40. The van der Waals surface area contributed by atoms with E-state index in [1.54, 1.807) is 0 Å². The number of benzene rings is 1. The van der Waals surface area contributed by atoms with Crippen molar-refractivity contribution in [1.29, 1.82) is 0 Å². The van der Waals surface area contributed by atoms with Crippen LogP contribution in [0.4, 0.5) is 0 Å². The van der Waals surface area contributed by atoms with Gasteiger partial charge in [0, 0.05) is 13.2 Å². The molecule has 3 N–H and O–H groups in total. The van der Waals surface area contributed by atoms with Crippen LogP contribution in [0.2, 0.25) is 0 Å². The highest BCUT2D eigenvalue weighted by molar-refractivity contribution is 5.86. The average Bonchev–Trinajstić information content (AvgIpc) is 2.92. The molecule has 1 aliphatic rings. The summed E-state index contributed by atoms with van der Waals surface area (Å²) < 4.78 is 5.57. The summed E-state index contributed by atoms with van der Waals surface area (Å²) in [6.07, 6.45) is 4.55. The topological polar surface area (TPSA) is 64.4 Å². The number of hydrogen-bond acceptors (Lipinski definition) is 3. The molecule has 110 valence electrons. The molecule has 2 rings (SSSR count). The molecule has 0 saturated heterocycles. The van der Waals surface area contributed by atoms with Gasteiger partial charge in [0.1, 0.15) is 0 Å². The van der Waals surface area contributed by atoms with Gasteiger partial charge in [-0.3, -0.25) is 4.79 Å². The highest BCUT2D eigenvalue weighted by Crippen LogP contribution is 2.27. The van der Waals surface area contributed by atoms with Gasteiger partial charge in [0.25, 0.3) is 0 Å². The van der Waals surface area contributed by atoms with Gasteiger partial charge < -0.3 is 15.8 Å². The Hall–Kier alpha value is -1.39. The highest BCUT2D eigenvalue weighted by Gasteiger charge is 2.36. The quantitative estimate of drug-likeness (QED) is 0.748. The smallest absolute Gasteiger partial charge is 0.240 e. The fraction of sp³-hybridized carbons (Fsp3) is 0.562. The first-order valence-corrected chi connectivity index (χ1v) is 7.40. The van der Waals surface area contributed by atoms with Crippen LogP contribution in [0.15, 0.2) is 30.3 Å². The molecule has 0 atom stereocenters. The molecule has 0 spiro atoms. The third-order valence-corrected chi connectivity index (χ3v) is 3.81. The van der Waals surface area contributed by atoms with Crippen LogP contribution in [0.3, 0.4) is 0 Å². The molecule has 1 aromatic carbocycles. The van der Waals surface area contributed by atoms with Crippen LogP contribution < -0.4 is 11.1 Å². The summed E-state index contributed by atoms with van der Waals surface area (Å²) in [4.78, 5) is 11.9. The third-order valence-electron chi connectivity index (χ3n) is 3.81. The Labute approximate surface area is 120 Å². The van der Waals surface area contributed by atoms with Crippen molar-refractivity contribution in [3.63, 3.8) is 0 Å². The Morgan fingerprint density at radius 2 is 1.95 bits per heavy atom. The van der Waals surface area contributed by atoms with Crippen LogP contribution in [-0.2, 0) is 16.1 Å². The second-order valence-electron chi connectivity index (χ2n) is 5.51. The van der Waals surface area contributed by atoms with Crippen molar-refractivity contribution >= 4 is 5.91 Å². The lowest BCUT2D eigenvalue weighted by Crippen LogP contribution is -2.52. The molecule has 0 radical (unpaired) electrons. The lowest BCUT2D eigenvalue weighted by molar-refractivity contribution is -0.126. The van der Waals surface area contributed by atoms with Gasteiger partial charge in [0.15, 0.2) is 0 Å². The van der Waals surface area contributed by atoms with Crippen molar-refractivity contribution < 1.29 is 9.53 Å². The van der Waals surface area contributed by atoms with E-state index in [4.69, 9.17) is 10.5 Å². The summed E-state index contributed by atoms with van der Waals surface area (Å²) in [5, 5.41) is 2.92. The first kappa shape index (κ1) is 15.0. The van der Waals surface area contributed by atoms with Crippen LogP contribution in [0.5, 0.6) is 0 Å². The molecule has 0 heterocycles. The molecule has 0 aromatic heterocycles. The lowest BCUT2D eigenvalue weighted by Gasteiger charge is -2.22. The molecule has 1 fully saturated rings. The zero-order chi connectivity index (χ0) is 14.3. The second kappa shape index (κ2) is 7.41. The molecule has 4 nitrogen and oxygen atoms in total. The van der Waals surface area contributed by atoms with E-state index in [0.717, 1.165) is 32.1 Å². The predicted octanol–water partition coefficient (Wildman–Crippen LogP) is 1.98. The monoisotopic (exact) mass is 276 g/mol. The number of nitrogens with one attached hydrogen (secondary N) is 1. The van der Waals surface area contributed by atoms with E-state index in [-0.39, 0.29) is 5.91 Å². The normalized spacial score (nSPS) is 17.1. The van der Waals surface area contributed by atoms with Gasteiger partial charge in [-0.05, 0) is 24.8 Å². The van der Waals surface area contributed by atoms with Crippen molar-refractivity contribution in [2.24, 2.45) is 5.73 Å². The summed E-state index contributed by atoms with van der Waals surface area (Å²) in [5.74, 6) is -0.00180. The number of carbonyl (C=O) groups is 1. The maximum absolute atomic E-state index is 11.9. The van der Waals surface area contributed by atoms with E-state index in [0.29, 0.717) is 19.8 Å². The van der Waals surface area contributed by atoms with Crippen LogP contribution in [0, 0.1) is 0 Å². The summed E-state index contributed by atoms with van der Waals surface area (Å²) in [5.41, 5.74) is 6.63. The van der Waals surface area contributed by atoms with Crippen molar-refractivity contribution in [3.8, 4) is 0 Å². The summed E-state index contributed by atoms with van der Waals surface area (Å²) in [6, 6.07) is 10.1. The molecule has 1 amide bonds. The predicted molar refractivity (Wildman–Crippen MR) is 79.1 cm³/mol. The maximum atomic E-state index is 11.9. The van der Waals surface area contributed by atoms with E-state index < -0.39 is 5.54 Å². The molecule has 1 aromatic rings. The fourth-order valence-electron chi connectivity index (χ4n) is 2.55. The van der Waals surface area contributed by atoms with Crippen LogP contribution in [-0.4, -0.2) is 24.6 Å². The number of carbonyl (C=O) groups excluding carboxylic acids is 1. The van der Waals surface area contributed by atoms with Gasteiger partial charge in [0.2, 0.25) is 5.91 Å². The minimum Gasteiger partial charge on any atom is -0.377 e. The Morgan fingerprint density at radius 3 is 2.65 bits per heavy atom. The Kier molecular flexibility index (Phi) is 5.56. The number of ether oxygens (including phenoxy) is 1. The first-order chi connectivity index (χ1) is 9.71. The van der Waals surface area contributed by atoms with Crippen molar-refractivity contribution in [1.82, 2.24) is 5.32 Å². The fourth-order valence-corrected chi connectivity index (χ4v) is 2.55. The SMILES string of the molecule is NC1(C(=O)NCCCOCc2ccccc2)CCCC1. The van der Waals surface area contributed by atoms with E-state index in [1.807, 2.05) is 30.3 Å². The number of nitrogens with two attached hydrogens (primary N) is 1. The second-order valence-corrected chi connectivity index (χ2v) is 5.51. The van der Waals surface area contributed by atoms with Crippen LogP contribution >= 0.6 is 0 Å². The van der Waals surface area contributed by atoms with Crippen LogP contribution in [0.1, 0.15) is 37.7 Å². The zero-order valence-electron chi connectivity index (χ0n) is 11.9. The molecular formula is C16H24N2O2. The van der Waals surface area contributed by atoms with E-state index >= 15 is 0 Å². The standard InChI is InChI=1S/C16H24N2O2/c17-16(9-4-5-10-16)15(19)18-11-6-12-20-13-14-7-2-1-3-8-14/h1-3,7-8H,4-6,9-13,17H2,(H,18,19). The van der Waals surface area contributed by atoms with E-state index in [1.165, 1.54) is 5.56 Å². The molecule has 1 saturated carbocycles. The van der Waals surface area contributed by atoms with E-state index in [9.17, 15) is 4.79 Å². The third kappa shape index (κ3) is 4.32. The number of hydrogen-bond donors (Lipinski definition) is 2. The molecule has 1 aliphatic carbocycles. The zero-order valence-corrected chi connectivity index (χ0v) is 11.9. The van der Waals surface area contributed by atoms with Crippen molar-refractivity contribution in [2.75, 3.05) is 13.2 Å². The number of amides is 1. The Bertz CT molecular complexity index is 414. The number of rotatable bonds is 7. The summed E-state index contributed by atoms with van der Waals surface area (Å²) in [7, 11) is 0. The summed E-state index contributed by atoms with van der Waals surface area (Å²) in [6.45, 7) is 1.90. The molecule has 0 aliphatic heterocycles.